The highest BCUT2D eigenvalue weighted by atomic mass is 19.4. The van der Waals surface area contributed by atoms with Gasteiger partial charge in [0.2, 0.25) is 0 Å². The maximum Gasteiger partial charge on any atom is 0.417 e. The second kappa shape index (κ2) is 5.57. The van der Waals surface area contributed by atoms with Gasteiger partial charge in [-0.1, -0.05) is 17.7 Å². The van der Waals surface area contributed by atoms with E-state index in [9.17, 15) is 23.1 Å². The molecule has 0 saturated carbocycles. The molecule has 3 nitrogen and oxygen atoms in total. The molecule has 0 bridgehead atoms. The van der Waals surface area contributed by atoms with Crippen LogP contribution in [-0.4, -0.2) is 40.8 Å². The van der Waals surface area contributed by atoms with Crippen molar-refractivity contribution in [1.82, 2.24) is 4.90 Å². The molecule has 1 N–H and O–H groups in total. The van der Waals surface area contributed by atoms with Crippen molar-refractivity contribution in [1.29, 1.82) is 0 Å². The van der Waals surface area contributed by atoms with Gasteiger partial charge in [0.25, 0.3) is 5.91 Å². The Balaban J connectivity index is 2.18. The van der Waals surface area contributed by atoms with E-state index in [1.54, 1.807) is 0 Å². The summed E-state index contributed by atoms with van der Waals surface area (Å²) in [4.78, 5) is 14.0. The Hall–Kier alpha value is -1.56. The molecule has 1 aliphatic rings. The second-order valence-corrected chi connectivity index (χ2v) is 6.10. The van der Waals surface area contributed by atoms with Crippen molar-refractivity contribution < 1.29 is 23.1 Å². The third-order valence-electron chi connectivity index (χ3n) is 4.30. The SMILES string of the molecule is Cc1cc(C)c(C(=O)N2CCC(O)(C(F)(F)F)CC2)c(C)c1. The number of nitrogens with zero attached hydrogens (tertiary/aromatic N) is 1. The number of halogens is 3. The van der Waals surface area contributed by atoms with Crippen LogP contribution in [-0.2, 0) is 0 Å². The van der Waals surface area contributed by atoms with E-state index in [1.807, 2.05) is 32.9 Å². The van der Waals surface area contributed by atoms with E-state index in [0.717, 1.165) is 16.7 Å². The fourth-order valence-corrected chi connectivity index (χ4v) is 3.04. The number of rotatable bonds is 1. The van der Waals surface area contributed by atoms with Crippen LogP contribution < -0.4 is 0 Å². The molecule has 2 rings (SSSR count). The average Bonchev–Trinajstić information content (AvgIpc) is 2.36. The Labute approximate surface area is 127 Å². The first-order chi connectivity index (χ1) is 10.0. The monoisotopic (exact) mass is 315 g/mol. The van der Waals surface area contributed by atoms with E-state index >= 15 is 0 Å². The van der Waals surface area contributed by atoms with E-state index < -0.39 is 24.6 Å². The number of carbonyl (C=O) groups excluding carboxylic acids is 1. The minimum Gasteiger partial charge on any atom is -0.380 e. The number of aliphatic hydroxyl groups is 1. The zero-order valence-electron chi connectivity index (χ0n) is 12.9. The van der Waals surface area contributed by atoms with Gasteiger partial charge in [-0.3, -0.25) is 4.79 Å². The van der Waals surface area contributed by atoms with Crippen molar-refractivity contribution in [2.24, 2.45) is 0 Å². The maximum atomic E-state index is 12.8. The van der Waals surface area contributed by atoms with E-state index in [4.69, 9.17) is 0 Å². The number of piperidine rings is 1. The number of likely N-dealkylation sites (tertiary alicyclic amines) is 1. The lowest BCUT2D eigenvalue weighted by molar-refractivity contribution is -0.271. The van der Waals surface area contributed by atoms with Crippen LogP contribution in [0.1, 0.15) is 39.9 Å². The molecule has 1 fully saturated rings. The lowest BCUT2D eigenvalue weighted by Crippen LogP contribution is -2.54. The lowest BCUT2D eigenvalue weighted by Gasteiger charge is -2.39. The molecule has 1 heterocycles. The van der Waals surface area contributed by atoms with E-state index in [-0.39, 0.29) is 19.0 Å². The Bertz CT molecular complexity index is 565. The lowest BCUT2D eigenvalue weighted by atomic mass is 9.90. The number of alkyl halides is 3. The molecule has 0 aromatic heterocycles. The predicted octanol–water partition coefficient (Wildman–Crippen LogP) is 3.14. The molecule has 1 aromatic rings. The van der Waals surface area contributed by atoms with Crippen molar-refractivity contribution in [3.05, 3.63) is 34.4 Å². The van der Waals surface area contributed by atoms with Crippen LogP contribution in [0, 0.1) is 20.8 Å². The standard InChI is InChI=1S/C16H20F3NO2/c1-10-8-11(2)13(12(3)9-10)14(21)20-6-4-15(22,5-7-20)16(17,18)19/h8-9,22H,4-7H2,1-3H3. The van der Waals surface area contributed by atoms with Crippen LogP contribution in [0.3, 0.4) is 0 Å². The van der Waals surface area contributed by atoms with Gasteiger partial charge in [0, 0.05) is 31.5 Å². The van der Waals surface area contributed by atoms with Gasteiger partial charge in [-0.2, -0.15) is 13.2 Å². The molecule has 1 aliphatic heterocycles. The van der Waals surface area contributed by atoms with Crippen LogP contribution in [0.25, 0.3) is 0 Å². The largest absolute Gasteiger partial charge is 0.417 e. The zero-order valence-corrected chi connectivity index (χ0v) is 12.9. The van der Waals surface area contributed by atoms with Gasteiger partial charge >= 0.3 is 6.18 Å². The number of benzene rings is 1. The van der Waals surface area contributed by atoms with Gasteiger partial charge in [-0.25, -0.2) is 0 Å². The molecule has 0 spiro atoms. The van der Waals surface area contributed by atoms with E-state index in [1.165, 1.54) is 4.90 Å². The number of carbonyl (C=O) groups is 1. The van der Waals surface area contributed by atoms with Crippen LogP contribution >= 0.6 is 0 Å². The normalized spacial score (nSPS) is 18.4. The molecule has 1 aromatic carbocycles. The number of hydrogen-bond donors (Lipinski definition) is 1. The Kier molecular flexibility index (Phi) is 4.26. The third-order valence-corrected chi connectivity index (χ3v) is 4.30. The first-order valence-corrected chi connectivity index (χ1v) is 7.21. The van der Waals surface area contributed by atoms with Crippen LogP contribution in [0.4, 0.5) is 13.2 Å². The predicted molar refractivity (Wildman–Crippen MR) is 76.8 cm³/mol. The minimum absolute atomic E-state index is 0.0956. The minimum atomic E-state index is -4.65. The van der Waals surface area contributed by atoms with Gasteiger partial charge in [-0.15, -0.1) is 0 Å². The summed E-state index contributed by atoms with van der Waals surface area (Å²) >= 11 is 0. The second-order valence-electron chi connectivity index (χ2n) is 6.10. The molecule has 0 unspecified atom stereocenters. The molecule has 22 heavy (non-hydrogen) atoms. The Morgan fingerprint density at radius 1 is 1.14 bits per heavy atom. The van der Waals surface area contributed by atoms with Gasteiger partial charge in [0.15, 0.2) is 5.60 Å². The summed E-state index contributed by atoms with van der Waals surface area (Å²) in [5, 5.41) is 9.66. The van der Waals surface area contributed by atoms with Crippen LogP contribution in [0.5, 0.6) is 0 Å². The Morgan fingerprint density at radius 3 is 2.00 bits per heavy atom. The molecular weight excluding hydrogens is 295 g/mol. The smallest absolute Gasteiger partial charge is 0.380 e. The van der Waals surface area contributed by atoms with Crippen molar-refractivity contribution in [3.8, 4) is 0 Å². The molecule has 6 heteroatoms. The van der Waals surface area contributed by atoms with Gasteiger partial charge < -0.3 is 10.0 Å². The fourth-order valence-electron chi connectivity index (χ4n) is 3.04. The maximum absolute atomic E-state index is 12.8. The van der Waals surface area contributed by atoms with Crippen molar-refractivity contribution >= 4 is 5.91 Å². The summed E-state index contributed by atoms with van der Waals surface area (Å²) in [6, 6.07) is 3.77. The fraction of sp³-hybridized carbons (Fsp3) is 0.562. The van der Waals surface area contributed by atoms with Crippen molar-refractivity contribution in [2.75, 3.05) is 13.1 Å². The summed E-state index contributed by atoms with van der Waals surface area (Å²) in [5.74, 6) is -0.265. The highest BCUT2D eigenvalue weighted by molar-refractivity contribution is 5.97. The van der Waals surface area contributed by atoms with Gasteiger partial charge in [0.1, 0.15) is 0 Å². The summed E-state index contributed by atoms with van der Waals surface area (Å²) in [7, 11) is 0. The molecular formula is C16H20F3NO2. The number of amides is 1. The van der Waals surface area contributed by atoms with Crippen LogP contribution in [0.2, 0.25) is 0 Å². The van der Waals surface area contributed by atoms with Crippen LogP contribution in [0.15, 0.2) is 12.1 Å². The third kappa shape index (κ3) is 2.97. The zero-order chi connectivity index (χ0) is 16.7. The first-order valence-electron chi connectivity index (χ1n) is 7.21. The van der Waals surface area contributed by atoms with Crippen molar-refractivity contribution in [3.63, 3.8) is 0 Å². The molecule has 1 saturated heterocycles. The summed E-state index contributed by atoms with van der Waals surface area (Å²) in [6.45, 7) is 5.38. The quantitative estimate of drug-likeness (QED) is 0.865. The number of hydrogen-bond acceptors (Lipinski definition) is 2. The first kappa shape index (κ1) is 16.8. The summed E-state index contributed by atoms with van der Waals surface area (Å²) in [5.41, 5.74) is 0.541. The van der Waals surface area contributed by atoms with E-state index in [0.29, 0.717) is 5.56 Å². The summed E-state index contributed by atoms with van der Waals surface area (Å²) < 4.78 is 38.4. The highest BCUT2D eigenvalue weighted by Crippen LogP contribution is 2.38. The molecule has 122 valence electrons. The topological polar surface area (TPSA) is 40.5 Å². The summed E-state index contributed by atoms with van der Waals surface area (Å²) in [6.07, 6.45) is -5.61. The van der Waals surface area contributed by atoms with E-state index in [2.05, 4.69) is 0 Å². The molecule has 1 amide bonds. The van der Waals surface area contributed by atoms with Gasteiger partial charge in [0.05, 0.1) is 0 Å². The number of aryl methyl sites for hydroxylation is 3. The van der Waals surface area contributed by atoms with Gasteiger partial charge in [-0.05, 0) is 31.9 Å². The highest BCUT2D eigenvalue weighted by Gasteiger charge is 2.54. The molecule has 0 radical (unpaired) electrons. The molecule has 0 aliphatic carbocycles. The molecule has 0 atom stereocenters. The van der Waals surface area contributed by atoms with Crippen molar-refractivity contribution in [2.45, 2.75) is 45.4 Å². The Morgan fingerprint density at radius 2 is 1.59 bits per heavy atom. The average molecular weight is 315 g/mol.